The van der Waals surface area contributed by atoms with Gasteiger partial charge < -0.3 is 4.57 Å². The largest absolute Gasteiger partial charge is 0.327 e. The Labute approximate surface area is 81.3 Å². The number of nitrogens with one attached hydrogen (secondary N) is 2. The van der Waals surface area contributed by atoms with Crippen LogP contribution in [0.15, 0.2) is 6.20 Å². The van der Waals surface area contributed by atoms with Crippen LogP contribution in [0.25, 0.3) is 0 Å². The molecule has 1 aromatic rings. The number of aryl methyl sites for hydroxylation is 1. The molecule has 0 aliphatic heterocycles. The van der Waals surface area contributed by atoms with Gasteiger partial charge in [0, 0.05) is 14.0 Å². The van der Waals surface area contributed by atoms with Crippen LogP contribution in [0.1, 0.15) is 23.2 Å². The molecule has 14 heavy (non-hydrogen) atoms. The Morgan fingerprint density at radius 2 is 2.07 bits per heavy atom. The molecule has 6 nitrogen and oxygen atoms in total. The smallest absolute Gasteiger partial charge is 0.287 e. The van der Waals surface area contributed by atoms with E-state index in [1.807, 2.05) is 0 Å². The van der Waals surface area contributed by atoms with Gasteiger partial charge in [0.25, 0.3) is 5.91 Å². The number of hydrazine groups is 1. The number of hydrogen-bond donors (Lipinski definition) is 2. The van der Waals surface area contributed by atoms with Crippen LogP contribution in [-0.4, -0.2) is 21.4 Å². The van der Waals surface area contributed by atoms with Gasteiger partial charge in [-0.3, -0.25) is 20.4 Å². The molecule has 0 aliphatic rings. The molecule has 6 heteroatoms. The summed E-state index contributed by atoms with van der Waals surface area (Å²) in [7, 11) is 1.73. The Hall–Kier alpha value is -1.85. The maximum atomic E-state index is 11.4. The van der Waals surface area contributed by atoms with E-state index in [0.717, 1.165) is 5.82 Å². The molecule has 1 aromatic heterocycles. The molecule has 76 valence electrons. The molecular weight excluding hydrogens is 184 g/mol. The van der Waals surface area contributed by atoms with E-state index in [1.54, 1.807) is 18.5 Å². The second-order valence-corrected chi connectivity index (χ2v) is 2.88. The number of amides is 2. The standard InChI is InChI=1S/C8H12N4O2/c1-5-9-4-7(12(5)3)8(14)11-10-6(2)13/h4H,1-3H3,(H,10,13)(H,11,14). The zero-order valence-corrected chi connectivity index (χ0v) is 8.29. The average Bonchev–Trinajstić information content (AvgIpc) is 2.44. The van der Waals surface area contributed by atoms with Crippen molar-refractivity contribution in [2.45, 2.75) is 13.8 Å². The van der Waals surface area contributed by atoms with Crippen molar-refractivity contribution in [3.8, 4) is 0 Å². The summed E-state index contributed by atoms with van der Waals surface area (Å²) in [5.74, 6) is 0.0264. The third-order valence-corrected chi connectivity index (χ3v) is 1.81. The minimum atomic E-state index is -0.386. The summed E-state index contributed by atoms with van der Waals surface area (Å²) in [4.78, 5) is 25.9. The van der Waals surface area contributed by atoms with Gasteiger partial charge in [-0.2, -0.15) is 0 Å². The van der Waals surface area contributed by atoms with Crippen LogP contribution in [0, 0.1) is 6.92 Å². The van der Waals surface area contributed by atoms with Crippen LogP contribution in [-0.2, 0) is 11.8 Å². The lowest BCUT2D eigenvalue weighted by Crippen LogP contribution is -2.41. The van der Waals surface area contributed by atoms with Crippen LogP contribution in [0.2, 0.25) is 0 Å². The number of nitrogens with zero attached hydrogens (tertiary/aromatic N) is 2. The van der Waals surface area contributed by atoms with Crippen molar-refractivity contribution in [3.05, 3.63) is 17.7 Å². The lowest BCUT2D eigenvalue weighted by Gasteiger charge is -2.05. The van der Waals surface area contributed by atoms with Crippen molar-refractivity contribution >= 4 is 11.8 Å². The molecule has 1 rings (SSSR count). The van der Waals surface area contributed by atoms with E-state index in [4.69, 9.17) is 0 Å². The van der Waals surface area contributed by atoms with Gasteiger partial charge in [0.2, 0.25) is 5.91 Å². The highest BCUT2D eigenvalue weighted by Gasteiger charge is 2.11. The molecule has 0 radical (unpaired) electrons. The maximum Gasteiger partial charge on any atom is 0.287 e. The Morgan fingerprint density at radius 3 is 2.50 bits per heavy atom. The molecule has 0 fully saturated rings. The predicted molar refractivity (Wildman–Crippen MR) is 49.2 cm³/mol. The van der Waals surface area contributed by atoms with Crippen molar-refractivity contribution in [2.24, 2.45) is 7.05 Å². The first-order chi connectivity index (χ1) is 6.52. The molecule has 0 unspecified atom stereocenters. The van der Waals surface area contributed by atoms with Crippen molar-refractivity contribution in [2.75, 3.05) is 0 Å². The molecule has 2 N–H and O–H groups in total. The summed E-state index contributed by atoms with van der Waals surface area (Å²) in [5, 5.41) is 0. The Balaban J connectivity index is 2.70. The van der Waals surface area contributed by atoms with Gasteiger partial charge in [-0.15, -0.1) is 0 Å². The summed E-state index contributed by atoms with van der Waals surface area (Å²) in [5.41, 5.74) is 4.85. The number of carbonyl (C=O) groups excluding carboxylic acids is 2. The highest BCUT2D eigenvalue weighted by molar-refractivity contribution is 5.93. The van der Waals surface area contributed by atoms with Crippen molar-refractivity contribution in [3.63, 3.8) is 0 Å². The quantitative estimate of drug-likeness (QED) is 0.595. The lowest BCUT2D eigenvalue weighted by molar-refractivity contribution is -0.119. The molecule has 0 saturated carbocycles. The van der Waals surface area contributed by atoms with E-state index in [9.17, 15) is 9.59 Å². The molecule has 2 amide bonds. The summed E-state index contributed by atoms with van der Waals surface area (Å²) < 4.78 is 1.64. The van der Waals surface area contributed by atoms with Gasteiger partial charge in [0.1, 0.15) is 11.5 Å². The zero-order chi connectivity index (χ0) is 10.7. The molecule has 0 aromatic carbocycles. The first-order valence-electron chi connectivity index (χ1n) is 4.07. The first kappa shape index (κ1) is 10.2. The lowest BCUT2D eigenvalue weighted by atomic mass is 10.4. The van der Waals surface area contributed by atoms with E-state index >= 15 is 0 Å². The van der Waals surface area contributed by atoms with Crippen LogP contribution >= 0.6 is 0 Å². The molecule has 0 aliphatic carbocycles. The van der Waals surface area contributed by atoms with Crippen LogP contribution in [0.4, 0.5) is 0 Å². The second-order valence-electron chi connectivity index (χ2n) is 2.88. The maximum absolute atomic E-state index is 11.4. The molecule has 0 bridgehead atoms. The van der Waals surface area contributed by atoms with Crippen molar-refractivity contribution in [1.82, 2.24) is 20.4 Å². The molecular formula is C8H12N4O2. The topological polar surface area (TPSA) is 76.0 Å². The molecule has 0 spiro atoms. The molecule has 0 saturated heterocycles. The number of hydrogen-bond acceptors (Lipinski definition) is 3. The summed E-state index contributed by atoms with van der Waals surface area (Å²) in [6, 6.07) is 0. The van der Waals surface area contributed by atoms with Gasteiger partial charge in [-0.05, 0) is 6.92 Å². The van der Waals surface area contributed by atoms with E-state index in [1.165, 1.54) is 13.1 Å². The highest BCUT2D eigenvalue weighted by Crippen LogP contribution is 2.00. The summed E-state index contributed by atoms with van der Waals surface area (Å²) in [6.45, 7) is 3.10. The average molecular weight is 196 g/mol. The second kappa shape index (κ2) is 3.91. The van der Waals surface area contributed by atoms with Crippen molar-refractivity contribution < 1.29 is 9.59 Å². The highest BCUT2D eigenvalue weighted by atomic mass is 16.2. The zero-order valence-electron chi connectivity index (χ0n) is 8.29. The fourth-order valence-corrected chi connectivity index (χ4v) is 0.922. The van der Waals surface area contributed by atoms with E-state index in [-0.39, 0.29) is 11.8 Å². The van der Waals surface area contributed by atoms with E-state index < -0.39 is 0 Å². The molecule has 1 heterocycles. The monoisotopic (exact) mass is 196 g/mol. The Morgan fingerprint density at radius 1 is 1.43 bits per heavy atom. The summed E-state index contributed by atoms with van der Waals surface area (Å²) >= 11 is 0. The van der Waals surface area contributed by atoms with Gasteiger partial charge in [-0.25, -0.2) is 4.98 Å². The third kappa shape index (κ3) is 2.09. The fraction of sp³-hybridized carbons (Fsp3) is 0.375. The van der Waals surface area contributed by atoms with Crippen LogP contribution in [0.3, 0.4) is 0 Å². The van der Waals surface area contributed by atoms with Crippen molar-refractivity contribution in [1.29, 1.82) is 0 Å². The minimum absolute atomic E-state index is 0.322. The number of aromatic nitrogens is 2. The van der Waals surface area contributed by atoms with E-state index in [2.05, 4.69) is 15.8 Å². The van der Waals surface area contributed by atoms with Crippen LogP contribution in [0.5, 0.6) is 0 Å². The third-order valence-electron chi connectivity index (χ3n) is 1.81. The fourth-order valence-electron chi connectivity index (χ4n) is 0.922. The van der Waals surface area contributed by atoms with E-state index in [0.29, 0.717) is 5.69 Å². The van der Waals surface area contributed by atoms with Gasteiger partial charge in [0.15, 0.2) is 0 Å². The SMILES string of the molecule is CC(=O)NNC(=O)c1cnc(C)n1C. The molecule has 0 atom stereocenters. The first-order valence-corrected chi connectivity index (χ1v) is 4.07. The number of rotatable bonds is 1. The summed E-state index contributed by atoms with van der Waals surface area (Å²) in [6.07, 6.45) is 1.45. The van der Waals surface area contributed by atoms with Gasteiger partial charge in [-0.1, -0.05) is 0 Å². The van der Waals surface area contributed by atoms with Crippen LogP contribution < -0.4 is 10.9 Å². The minimum Gasteiger partial charge on any atom is -0.327 e. The predicted octanol–water partition coefficient (Wildman–Crippen LogP) is -0.491. The van der Waals surface area contributed by atoms with Gasteiger partial charge >= 0.3 is 0 Å². The normalized spacial score (nSPS) is 9.64. The van der Waals surface area contributed by atoms with Gasteiger partial charge in [0.05, 0.1) is 6.20 Å². The Kier molecular flexibility index (Phi) is 2.85. The number of imidazole rings is 1. The number of carbonyl (C=O) groups is 2. The Bertz CT molecular complexity index is 369.